The van der Waals surface area contributed by atoms with E-state index >= 15 is 0 Å². The molecule has 0 bridgehead atoms. The Morgan fingerprint density at radius 1 is 1.19 bits per heavy atom. The standard InChI is InChI=1S/C19H19N3O4S/c1-12(20-19(24)26-11-13-6-4-3-5-7-13)17(23)22-18-21-15-9-8-14(25-2)10-16(15)27-18/h3-10,12H,11H2,1-2H3,(H,20,24)(H,21,22,23). The molecule has 140 valence electrons. The molecule has 2 N–H and O–H groups in total. The van der Waals surface area contributed by atoms with E-state index < -0.39 is 12.1 Å². The van der Waals surface area contributed by atoms with Gasteiger partial charge in [0.2, 0.25) is 5.91 Å². The number of hydrogen-bond donors (Lipinski definition) is 2. The monoisotopic (exact) mass is 385 g/mol. The summed E-state index contributed by atoms with van der Waals surface area (Å²) in [5.41, 5.74) is 1.63. The lowest BCUT2D eigenvalue weighted by Gasteiger charge is -2.13. The molecule has 0 aliphatic rings. The van der Waals surface area contributed by atoms with E-state index in [0.717, 1.165) is 21.5 Å². The smallest absolute Gasteiger partial charge is 0.408 e. The van der Waals surface area contributed by atoms with Gasteiger partial charge in [0.15, 0.2) is 5.13 Å². The van der Waals surface area contributed by atoms with Crippen LogP contribution in [0.1, 0.15) is 12.5 Å². The summed E-state index contributed by atoms with van der Waals surface area (Å²) in [6.07, 6.45) is -0.657. The van der Waals surface area contributed by atoms with Crippen molar-refractivity contribution in [2.75, 3.05) is 12.4 Å². The largest absolute Gasteiger partial charge is 0.497 e. The number of ether oxygens (including phenoxy) is 2. The zero-order chi connectivity index (χ0) is 19.2. The van der Waals surface area contributed by atoms with Crippen LogP contribution < -0.4 is 15.4 Å². The van der Waals surface area contributed by atoms with Crippen molar-refractivity contribution < 1.29 is 19.1 Å². The molecule has 3 aromatic rings. The Kier molecular flexibility index (Phi) is 5.87. The van der Waals surface area contributed by atoms with E-state index in [1.807, 2.05) is 42.5 Å². The van der Waals surface area contributed by atoms with Gasteiger partial charge in [-0.3, -0.25) is 4.79 Å². The molecule has 0 saturated heterocycles. The summed E-state index contributed by atoms with van der Waals surface area (Å²) in [5.74, 6) is 0.345. The van der Waals surface area contributed by atoms with Crippen molar-refractivity contribution in [2.45, 2.75) is 19.6 Å². The summed E-state index contributed by atoms with van der Waals surface area (Å²) < 4.78 is 11.2. The molecular formula is C19H19N3O4S. The minimum absolute atomic E-state index is 0.140. The summed E-state index contributed by atoms with van der Waals surface area (Å²) >= 11 is 1.33. The molecule has 2 amide bonds. The number of alkyl carbamates (subject to hydrolysis) is 1. The predicted molar refractivity (Wildman–Crippen MR) is 104 cm³/mol. The molecule has 0 aliphatic heterocycles. The maximum Gasteiger partial charge on any atom is 0.408 e. The van der Waals surface area contributed by atoms with Crippen molar-refractivity contribution in [1.82, 2.24) is 10.3 Å². The third-order valence-corrected chi connectivity index (χ3v) is 4.70. The summed E-state index contributed by atoms with van der Waals surface area (Å²) in [4.78, 5) is 28.5. The first-order chi connectivity index (χ1) is 13.0. The van der Waals surface area contributed by atoms with Gasteiger partial charge in [0, 0.05) is 0 Å². The number of aromatic nitrogens is 1. The van der Waals surface area contributed by atoms with E-state index in [0.29, 0.717) is 5.13 Å². The van der Waals surface area contributed by atoms with Crippen molar-refractivity contribution in [3.8, 4) is 5.75 Å². The molecule has 27 heavy (non-hydrogen) atoms. The number of nitrogens with one attached hydrogen (secondary N) is 2. The number of carbonyl (C=O) groups excluding carboxylic acids is 2. The van der Waals surface area contributed by atoms with E-state index in [2.05, 4.69) is 15.6 Å². The Balaban J connectivity index is 1.53. The first-order valence-corrected chi connectivity index (χ1v) is 9.09. The van der Waals surface area contributed by atoms with Gasteiger partial charge in [-0.25, -0.2) is 9.78 Å². The maximum absolute atomic E-state index is 12.3. The molecule has 3 rings (SSSR count). The quantitative estimate of drug-likeness (QED) is 0.677. The number of rotatable bonds is 6. The number of amides is 2. The first kappa shape index (κ1) is 18.7. The molecule has 7 nitrogen and oxygen atoms in total. The topological polar surface area (TPSA) is 89.5 Å². The van der Waals surface area contributed by atoms with Crippen LogP contribution in [0.2, 0.25) is 0 Å². The summed E-state index contributed by atoms with van der Waals surface area (Å²) in [6.45, 7) is 1.72. The van der Waals surface area contributed by atoms with Crippen LogP contribution in [0.5, 0.6) is 5.75 Å². The van der Waals surface area contributed by atoms with E-state index in [9.17, 15) is 9.59 Å². The summed E-state index contributed by atoms with van der Waals surface area (Å²) in [7, 11) is 1.59. The molecule has 1 aromatic heterocycles. The Morgan fingerprint density at radius 3 is 2.70 bits per heavy atom. The fraction of sp³-hybridized carbons (Fsp3) is 0.211. The van der Waals surface area contributed by atoms with Crippen LogP contribution in [-0.2, 0) is 16.1 Å². The normalized spacial score (nSPS) is 11.6. The van der Waals surface area contributed by atoms with Crippen molar-refractivity contribution in [3.63, 3.8) is 0 Å². The Hall–Kier alpha value is -3.13. The Bertz CT molecular complexity index is 943. The first-order valence-electron chi connectivity index (χ1n) is 8.28. The zero-order valence-corrected chi connectivity index (χ0v) is 15.7. The lowest BCUT2D eigenvalue weighted by atomic mass is 10.2. The second-order valence-electron chi connectivity index (χ2n) is 5.77. The molecule has 0 aliphatic carbocycles. The summed E-state index contributed by atoms with van der Waals surface area (Å²) in [5, 5.41) is 5.66. The van der Waals surface area contributed by atoms with Crippen molar-refractivity contribution in [3.05, 3.63) is 54.1 Å². The minimum Gasteiger partial charge on any atom is -0.497 e. The van der Waals surface area contributed by atoms with Crippen molar-refractivity contribution in [2.24, 2.45) is 0 Å². The minimum atomic E-state index is -0.769. The SMILES string of the molecule is COc1ccc2nc(NC(=O)C(C)NC(=O)OCc3ccccc3)sc2c1. The predicted octanol–water partition coefficient (Wildman–Crippen LogP) is 3.56. The van der Waals surface area contributed by atoms with Gasteiger partial charge in [-0.1, -0.05) is 41.7 Å². The fourth-order valence-corrected chi connectivity index (χ4v) is 3.20. The second kappa shape index (κ2) is 8.50. The lowest BCUT2D eigenvalue weighted by Crippen LogP contribution is -2.41. The van der Waals surface area contributed by atoms with Crippen LogP contribution >= 0.6 is 11.3 Å². The van der Waals surface area contributed by atoms with Gasteiger partial charge in [-0.2, -0.15) is 0 Å². The molecule has 1 heterocycles. The molecule has 8 heteroatoms. The number of nitrogens with zero attached hydrogens (tertiary/aromatic N) is 1. The Labute approximate surface area is 160 Å². The van der Waals surface area contributed by atoms with Crippen LogP contribution in [0.15, 0.2) is 48.5 Å². The molecule has 1 atom stereocenters. The van der Waals surface area contributed by atoms with E-state index in [-0.39, 0.29) is 12.5 Å². The van der Waals surface area contributed by atoms with Gasteiger partial charge in [0.25, 0.3) is 0 Å². The van der Waals surface area contributed by atoms with Gasteiger partial charge in [-0.05, 0) is 30.7 Å². The molecule has 2 aromatic carbocycles. The van der Waals surface area contributed by atoms with Gasteiger partial charge < -0.3 is 20.1 Å². The van der Waals surface area contributed by atoms with E-state index in [4.69, 9.17) is 9.47 Å². The highest BCUT2D eigenvalue weighted by atomic mass is 32.1. The number of methoxy groups -OCH3 is 1. The molecule has 0 fully saturated rings. The number of benzene rings is 2. The molecular weight excluding hydrogens is 366 g/mol. The number of carbonyl (C=O) groups is 2. The molecule has 1 unspecified atom stereocenters. The van der Waals surface area contributed by atoms with E-state index in [1.54, 1.807) is 20.1 Å². The third kappa shape index (κ3) is 4.95. The van der Waals surface area contributed by atoms with Crippen LogP contribution in [0, 0.1) is 0 Å². The zero-order valence-electron chi connectivity index (χ0n) is 14.9. The Morgan fingerprint density at radius 2 is 1.96 bits per heavy atom. The highest BCUT2D eigenvalue weighted by Gasteiger charge is 2.18. The van der Waals surface area contributed by atoms with E-state index in [1.165, 1.54) is 11.3 Å². The van der Waals surface area contributed by atoms with Crippen LogP contribution in [0.4, 0.5) is 9.93 Å². The van der Waals surface area contributed by atoms with Gasteiger partial charge >= 0.3 is 6.09 Å². The van der Waals surface area contributed by atoms with Gasteiger partial charge in [0.05, 0.1) is 17.3 Å². The van der Waals surface area contributed by atoms with Crippen molar-refractivity contribution >= 4 is 38.7 Å². The molecule has 0 spiro atoms. The average molecular weight is 385 g/mol. The van der Waals surface area contributed by atoms with Gasteiger partial charge in [-0.15, -0.1) is 0 Å². The number of thiazole rings is 1. The van der Waals surface area contributed by atoms with Gasteiger partial charge in [0.1, 0.15) is 18.4 Å². The highest BCUT2D eigenvalue weighted by molar-refractivity contribution is 7.22. The fourth-order valence-electron chi connectivity index (χ4n) is 2.31. The average Bonchev–Trinajstić information content (AvgIpc) is 3.08. The molecule has 0 saturated carbocycles. The van der Waals surface area contributed by atoms with Crippen molar-refractivity contribution in [1.29, 1.82) is 0 Å². The number of anilines is 1. The highest BCUT2D eigenvalue weighted by Crippen LogP contribution is 2.29. The number of hydrogen-bond acceptors (Lipinski definition) is 6. The summed E-state index contributed by atoms with van der Waals surface area (Å²) in [6, 6.07) is 14.0. The van der Waals surface area contributed by atoms with Crippen LogP contribution in [0.3, 0.4) is 0 Å². The maximum atomic E-state index is 12.3. The number of fused-ring (bicyclic) bond motifs is 1. The lowest BCUT2D eigenvalue weighted by molar-refractivity contribution is -0.117. The molecule has 0 radical (unpaired) electrons. The third-order valence-electron chi connectivity index (χ3n) is 3.77. The van der Waals surface area contributed by atoms with Crippen LogP contribution in [-0.4, -0.2) is 30.1 Å². The van der Waals surface area contributed by atoms with Crippen LogP contribution in [0.25, 0.3) is 10.2 Å². The second-order valence-corrected chi connectivity index (χ2v) is 6.80.